The van der Waals surface area contributed by atoms with Gasteiger partial charge in [0.2, 0.25) is 15.4 Å². The van der Waals surface area contributed by atoms with E-state index in [9.17, 15) is 9.59 Å². The van der Waals surface area contributed by atoms with Crippen molar-refractivity contribution in [2.75, 3.05) is 14.2 Å². The molecule has 0 amide bonds. The molecule has 0 saturated heterocycles. The van der Waals surface area contributed by atoms with Crippen molar-refractivity contribution in [2.45, 2.75) is 19.1 Å². The van der Waals surface area contributed by atoms with Crippen molar-refractivity contribution in [2.24, 2.45) is 0 Å². The van der Waals surface area contributed by atoms with E-state index in [1.54, 1.807) is 22.6 Å². The maximum Gasteiger partial charge on any atom is 0.347 e. The molecular weight excluding hydrogens is 451 g/mol. The van der Waals surface area contributed by atoms with Crippen LogP contribution < -0.4 is 32.1 Å². The highest BCUT2D eigenvalue weighted by Gasteiger charge is 2.37. The maximum absolute atomic E-state index is 12.5. The first-order valence-corrected chi connectivity index (χ1v) is 9.08. The molecule has 7 heteroatoms. The number of methoxy groups -OCH3 is 2. The Kier molecular flexibility index (Phi) is 5.65. The number of hydrogen-bond acceptors (Lipinski definition) is 6. The Morgan fingerprint density at radius 2 is 1.96 bits per heavy atom. The molecule has 1 unspecified atom stereocenters. The predicted molar refractivity (Wildman–Crippen MR) is 88.8 cm³/mol. The van der Waals surface area contributed by atoms with E-state index in [1.807, 2.05) is 36.4 Å². The van der Waals surface area contributed by atoms with Crippen molar-refractivity contribution in [3.05, 3.63) is 56.7 Å². The van der Waals surface area contributed by atoms with Gasteiger partial charge in [-0.15, -0.1) is 0 Å². The van der Waals surface area contributed by atoms with Gasteiger partial charge < -0.3 is 18.9 Å². The SMILES string of the molecule is COC(=O)C1Cc2cc([IH+])c(OCc3ccccc3)c(OC)c2C(=O)O1. The van der Waals surface area contributed by atoms with Crippen LogP contribution in [0.2, 0.25) is 0 Å². The monoisotopic (exact) mass is 469 g/mol. The molecule has 0 bridgehead atoms. The molecule has 0 N–H and O–H groups in total. The van der Waals surface area contributed by atoms with Gasteiger partial charge in [0.15, 0.2) is 5.75 Å². The fourth-order valence-corrected chi connectivity index (χ4v) is 3.64. The fourth-order valence-electron chi connectivity index (χ4n) is 2.81. The number of rotatable bonds is 5. The van der Waals surface area contributed by atoms with Gasteiger partial charge in [0.25, 0.3) is 0 Å². The third-order valence-corrected chi connectivity index (χ3v) is 4.90. The molecule has 136 valence electrons. The Morgan fingerprint density at radius 1 is 1.23 bits per heavy atom. The summed E-state index contributed by atoms with van der Waals surface area (Å²) in [5.74, 6) is -0.379. The lowest BCUT2D eigenvalue weighted by atomic mass is 9.97. The van der Waals surface area contributed by atoms with Crippen LogP contribution in [0.15, 0.2) is 36.4 Å². The number of esters is 2. The molecule has 1 aliphatic rings. The number of fused-ring (bicyclic) bond motifs is 1. The zero-order valence-corrected chi connectivity index (χ0v) is 16.6. The average molecular weight is 469 g/mol. The summed E-state index contributed by atoms with van der Waals surface area (Å²) in [4.78, 5) is 24.2. The van der Waals surface area contributed by atoms with Crippen LogP contribution in [-0.2, 0) is 27.3 Å². The Hall–Kier alpha value is -2.29. The van der Waals surface area contributed by atoms with E-state index in [0.717, 1.165) is 9.13 Å². The van der Waals surface area contributed by atoms with E-state index in [1.165, 1.54) is 14.2 Å². The number of benzene rings is 2. The molecule has 0 aliphatic carbocycles. The van der Waals surface area contributed by atoms with Crippen LogP contribution in [0.1, 0.15) is 21.5 Å². The summed E-state index contributed by atoms with van der Waals surface area (Å²) in [5, 5.41) is 0. The van der Waals surface area contributed by atoms with Crippen molar-refractivity contribution in [1.29, 1.82) is 0 Å². The molecule has 1 atom stereocenters. The summed E-state index contributed by atoms with van der Waals surface area (Å²) in [6.07, 6.45) is -0.702. The number of hydrogen-bond donors (Lipinski definition) is 0. The van der Waals surface area contributed by atoms with Gasteiger partial charge in [0.05, 0.1) is 14.2 Å². The predicted octanol–water partition coefficient (Wildman–Crippen LogP) is -1.02. The molecule has 2 aromatic rings. The lowest BCUT2D eigenvalue weighted by molar-refractivity contribution is -0.330. The molecule has 1 heterocycles. The topological polar surface area (TPSA) is 71.1 Å². The summed E-state index contributed by atoms with van der Waals surface area (Å²) in [6.45, 7) is 0.346. The first kappa shape index (κ1) is 18.5. The van der Waals surface area contributed by atoms with Crippen LogP contribution in [0, 0.1) is 3.57 Å². The molecule has 0 fully saturated rings. The van der Waals surface area contributed by atoms with Crippen LogP contribution >= 0.6 is 0 Å². The molecule has 6 nitrogen and oxygen atoms in total. The minimum absolute atomic E-state index is 0.242. The van der Waals surface area contributed by atoms with Crippen LogP contribution in [-0.4, -0.2) is 32.3 Å². The van der Waals surface area contributed by atoms with Crippen LogP contribution in [0.25, 0.3) is 0 Å². The van der Waals surface area contributed by atoms with Crippen LogP contribution in [0.5, 0.6) is 11.5 Å². The minimum atomic E-state index is -0.943. The average Bonchev–Trinajstić information content (AvgIpc) is 2.65. The zero-order chi connectivity index (χ0) is 18.7. The summed E-state index contributed by atoms with van der Waals surface area (Å²) in [6, 6.07) is 11.5. The number of ether oxygens (including phenoxy) is 4. The van der Waals surface area contributed by atoms with E-state index in [0.29, 0.717) is 29.2 Å². The highest BCUT2D eigenvalue weighted by atomic mass is 127. The quantitative estimate of drug-likeness (QED) is 0.413. The van der Waals surface area contributed by atoms with Crippen molar-refractivity contribution in [3.8, 4) is 11.5 Å². The number of cyclic esters (lactones) is 1. The first-order valence-electron chi connectivity index (χ1n) is 7.91. The van der Waals surface area contributed by atoms with E-state index >= 15 is 0 Å². The standard InChI is InChI=1S/C19H18IO6/c1-23-17-15-12(9-14(18(21)24-2)26-19(15)22)8-13(20)16(17)25-10-11-6-4-3-5-7-11/h3-8,14,20H,9-10H2,1-2H3/q+1. The van der Waals surface area contributed by atoms with Gasteiger partial charge in [-0.25, -0.2) is 9.59 Å². The number of halogens is 1. The molecule has 26 heavy (non-hydrogen) atoms. The van der Waals surface area contributed by atoms with Gasteiger partial charge in [0, 0.05) is 6.42 Å². The first-order chi connectivity index (χ1) is 12.5. The molecule has 2 aromatic carbocycles. The van der Waals surface area contributed by atoms with Gasteiger partial charge in [-0.1, -0.05) is 30.3 Å². The van der Waals surface area contributed by atoms with E-state index in [-0.39, 0.29) is 6.42 Å². The molecule has 3 rings (SSSR count). The highest BCUT2D eigenvalue weighted by molar-refractivity contribution is 5.98. The van der Waals surface area contributed by atoms with Crippen LogP contribution in [0.4, 0.5) is 0 Å². The van der Waals surface area contributed by atoms with Crippen molar-refractivity contribution < 1.29 is 51.1 Å². The van der Waals surface area contributed by atoms with Crippen molar-refractivity contribution in [1.82, 2.24) is 0 Å². The lowest BCUT2D eigenvalue weighted by Crippen LogP contribution is -3.34. The Labute approximate surface area is 164 Å². The molecule has 0 spiro atoms. The molecule has 0 aromatic heterocycles. The second kappa shape index (κ2) is 7.94. The summed E-state index contributed by atoms with van der Waals surface area (Å²) >= 11 is 1.79. The minimum Gasteiger partial charge on any atom is -0.492 e. The second-order valence-corrected chi connectivity index (χ2v) is 6.92. The Bertz CT molecular complexity index is 834. The summed E-state index contributed by atoms with van der Waals surface area (Å²) < 4.78 is 22.1. The van der Waals surface area contributed by atoms with E-state index in [4.69, 9.17) is 14.2 Å². The zero-order valence-electron chi connectivity index (χ0n) is 14.3. The summed E-state index contributed by atoms with van der Waals surface area (Å²) in [7, 11) is 2.74. The summed E-state index contributed by atoms with van der Waals surface area (Å²) in [5.41, 5.74) is 1.98. The van der Waals surface area contributed by atoms with Crippen LogP contribution in [0.3, 0.4) is 0 Å². The smallest absolute Gasteiger partial charge is 0.347 e. The Balaban J connectivity index is 1.95. The lowest BCUT2D eigenvalue weighted by Gasteiger charge is -2.25. The van der Waals surface area contributed by atoms with E-state index in [2.05, 4.69) is 4.74 Å². The molecule has 1 aliphatic heterocycles. The molecule has 0 radical (unpaired) electrons. The van der Waals surface area contributed by atoms with Crippen molar-refractivity contribution in [3.63, 3.8) is 0 Å². The van der Waals surface area contributed by atoms with Gasteiger partial charge in [0.1, 0.15) is 12.2 Å². The van der Waals surface area contributed by atoms with Gasteiger partial charge in [-0.05, 0) is 17.2 Å². The highest BCUT2D eigenvalue weighted by Crippen LogP contribution is 2.37. The third-order valence-electron chi connectivity index (χ3n) is 4.04. The number of carbonyl (C=O) groups excluding carboxylic acids is 2. The normalized spacial score (nSPS) is 15.7. The number of carbonyl (C=O) groups is 2. The third kappa shape index (κ3) is 3.62. The molecular formula is C19H18IO6+. The second-order valence-electron chi connectivity index (χ2n) is 5.67. The van der Waals surface area contributed by atoms with Crippen molar-refractivity contribution >= 4 is 11.9 Å². The van der Waals surface area contributed by atoms with Gasteiger partial charge in [-0.2, -0.15) is 0 Å². The van der Waals surface area contributed by atoms with Gasteiger partial charge >= 0.3 is 34.5 Å². The van der Waals surface area contributed by atoms with Gasteiger partial charge in [-0.3, -0.25) is 0 Å². The molecule has 0 saturated carbocycles. The fraction of sp³-hybridized carbons (Fsp3) is 0.263. The largest absolute Gasteiger partial charge is 0.492 e. The maximum atomic E-state index is 12.5. The van der Waals surface area contributed by atoms with E-state index < -0.39 is 18.0 Å². The Morgan fingerprint density at radius 3 is 2.62 bits per heavy atom.